The molecule has 2 heterocycles. The van der Waals surface area contributed by atoms with Crippen molar-refractivity contribution in [2.75, 3.05) is 11.9 Å². The summed E-state index contributed by atoms with van der Waals surface area (Å²) in [5.74, 6) is 1.85. The van der Waals surface area contributed by atoms with Crippen molar-refractivity contribution in [1.29, 1.82) is 0 Å². The second-order valence-corrected chi connectivity index (χ2v) is 6.19. The number of aryl methyl sites for hydroxylation is 1. The van der Waals surface area contributed by atoms with E-state index in [9.17, 15) is 4.79 Å². The highest BCUT2D eigenvalue weighted by molar-refractivity contribution is 6.02. The number of para-hydroxylation sites is 2. The van der Waals surface area contributed by atoms with Crippen LogP contribution in [0, 0.1) is 6.92 Å². The van der Waals surface area contributed by atoms with Gasteiger partial charge in [0.05, 0.1) is 12.3 Å². The van der Waals surface area contributed by atoms with E-state index in [4.69, 9.17) is 9.47 Å². The van der Waals surface area contributed by atoms with Gasteiger partial charge in [-0.15, -0.1) is 5.10 Å². The van der Waals surface area contributed by atoms with Gasteiger partial charge in [-0.3, -0.25) is 4.79 Å². The van der Waals surface area contributed by atoms with E-state index in [1.54, 1.807) is 24.4 Å². The minimum atomic E-state index is -0.447. The Labute approximate surface area is 167 Å². The summed E-state index contributed by atoms with van der Waals surface area (Å²) < 4.78 is 12.9. The fourth-order valence-corrected chi connectivity index (χ4v) is 2.74. The number of anilines is 1. The minimum Gasteiger partial charge on any atom is -0.494 e. The molecule has 2 aromatic carbocycles. The van der Waals surface area contributed by atoms with Gasteiger partial charge in [0.2, 0.25) is 5.82 Å². The fraction of sp³-hybridized carbons (Fsp3) is 0.143. The lowest BCUT2D eigenvalue weighted by atomic mass is 10.2. The van der Waals surface area contributed by atoms with Gasteiger partial charge in [0.1, 0.15) is 11.5 Å². The molecule has 8 heteroatoms. The SMILES string of the molecule is CCOc1ccc(Oc2ccccc2NC(=O)c2nc3nccc(C)n3n2)cc1. The summed E-state index contributed by atoms with van der Waals surface area (Å²) in [6, 6.07) is 16.2. The molecule has 8 nitrogen and oxygen atoms in total. The molecule has 1 N–H and O–H groups in total. The van der Waals surface area contributed by atoms with Crippen molar-refractivity contribution in [3.05, 3.63) is 72.3 Å². The van der Waals surface area contributed by atoms with Crippen molar-refractivity contribution in [3.63, 3.8) is 0 Å². The Morgan fingerprint density at radius 2 is 1.83 bits per heavy atom. The summed E-state index contributed by atoms with van der Waals surface area (Å²) in [4.78, 5) is 21.0. The summed E-state index contributed by atoms with van der Waals surface area (Å²) in [7, 11) is 0. The fourth-order valence-electron chi connectivity index (χ4n) is 2.74. The third-order valence-electron chi connectivity index (χ3n) is 4.13. The number of nitrogens with one attached hydrogen (secondary N) is 1. The van der Waals surface area contributed by atoms with Crippen LogP contribution in [-0.2, 0) is 0 Å². The first kappa shape index (κ1) is 18.4. The number of carbonyl (C=O) groups excluding carboxylic acids is 1. The van der Waals surface area contributed by atoms with Crippen molar-refractivity contribution in [3.8, 4) is 17.2 Å². The Kier molecular flexibility index (Phi) is 5.07. The number of carbonyl (C=O) groups is 1. The van der Waals surface area contributed by atoms with Gasteiger partial charge in [0, 0.05) is 11.9 Å². The summed E-state index contributed by atoms with van der Waals surface area (Å²) >= 11 is 0. The molecule has 0 saturated carbocycles. The Morgan fingerprint density at radius 1 is 1.07 bits per heavy atom. The molecule has 2 aromatic heterocycles. The maximum atomic E-state index is 12.7. The van der Waals surface area contributed by atoms with Gasteiger partial charge in [-0.25, -0.2) is 9.50 Å². The lowest BCUT2D eigenvalue weighted by Gasteiger charge is -2.12. The zero-order valence-corrected chi connectivity index (χ0v) is 16.0. The molecular formula is C21H19N5O3. The van der Waals surface area contributed by atoms with Crippen LogP contribution in [-0.4, -0.2) is 32.1 Å². The number of nitrogens with zero attached hydrogens (tertiary/aromatic N) is 4. The number of rotatable bonds is 6. The number of hydrogen-bond donors (Lipinski definition) is 1. The molecule has 29 heavy (non-hydrogen) atoms. The molecule has 0 aliphatic carbocycles. The number of benzene rings is 2. The Bertz CT molecular complexity index is 1150. The summed E-state index contributed by atoms with van der Waals surface area (Å²) in [5.41, 5.74) is 1.34. The molecule has 4 aromatic rings. The van der Waals surface area contributed by atoms with E-state index in [2.05, 4.69) is 20.4 Å². The average molecular weight is 389 g/mol. The molecule has 0 atom stereocenters. The maximum absolute atomic E-state index is 12.7. The van der Waals surface area contributed by atoms with Crippen LogP contribution in [0.2, 0.25) is 0 Å². The molecule has 0 unspecified atom stereocenters. The summed E-state index contributed by atoms with van der Waals surface area (Å²) in [5, 5.41) is 7.03. The highest BCUT2D eigenvalue weighted by atomic mass is 16.5. The van der Waals surface area contributed by atoms with Gasteiger partial charge in [-0.2, -0.15) is 4.98 Å². The molecule has 4 rings (SSSR count). The first-order valence-corrected chi connectivity index (χ1v) is 9.13. The largest absolute Gasteiger partial charge is 0.494 e. The third kappa shape index (κ3) is 4.01. The highest BCUT2D eigenvalue weighted by Gasteiger charge is 2.16. The molecule has 0 fully saturated rings. The number of amides is 1. The monoisotopic (exact) mass is 389 g/mol. The normalized spacial score (nSPS) is 10.7. The molecule has 146 valence electrons. The molecule has 1 amide bonds. The Balaban J connectivity index is 1.54. The zero-order chi connectivity index (χ0) is 20.2. The van der Waals surface area contributed by atoms with Gasteiger partial charge >= 0.3 is 0 Å². The Hall–Kier alpha value is -3.94. The lowest BCUT2D eigenvalue weighted by Crippen LogP contribution is -2.14. The smallest absolute Gasteiger partial charge is 0.295 e. The second-order valence-electron chi connectivity index (χ2n) is 6.19. The lowest BCUT2D eigenvalue weighted by molar-refractivity contribution is 0.101. The van der Waals surface area contributed by atoms with Gasteiger partial charge in [0.25, 0.3) is 11.7 Å². The van der Waals surface area contributed by atoms with E-state index in [0.717, 1.165) is 11.4 Å². The van der Waals surface area contributed by atoms with Crippen LogP contribution in [0.5, 0.6) is 17.2 Å². The predicted molar refractivity (Wildman–Crippen MR) is 108 cm³/mol. The van der Waals surface area contributed by atoms with Crippen LogP contribution < -0.4 is 14.8 Å². The summed E-state index contributed by atoms with van der Waals surface area (Å²) in [6.07, 6.45) is 1.63. The van der Waals surface area contributed by atoms with Crippen LogP contribution in [0.4, 0.5) is 5.69 Å². The molecule has 0 bridgehead atoms. The summed E-state index contributed by atoms with van der Waals surface area (Å²) in [6.45, 7) is 4.39. The van der Waals surface area contributed by atoms with Gasteiger partial charge in [-0.1, -0.05) is 12.1 Å². The van der Waals surface area contributed by atoms with E-state index >= 15 is 0 Å². The number of aromatic nitrogens is 4. The van der Waals surface area contributed by atoms with Crippen LogP contribution in [0.15, 0.2) is 60.8 Å². The highest BCUT2D eigenvalue weighted by Crippen LogP contribution is 2.30. The quantitative estimate of drug-likeness (QED) is 0.538. The van der Waals surface area contributed by atoms with E-state index < -0.39 is 5.91 Å². The standard InChI is InChI=1S/C21H19N5O3/c1-3-28-15-8-10-16(11-9-15)29-18-7-5-4-6-17(18)23-20(27)19-24-21-22-13-12-14(2)26(21)25-19/h4-13H,3H2,1-2H3,(H,23,27). The van der Waals surface area contributed by atoms with Gasteiger partial charge in [0.15, 0.2) is 5.75 Å². The van der Waals surface area contributed by atoms with E-state index in [0.29, 0.717) is 29.6 Å². The zero-order valence-electron chi connectivity index (χ0n) is 16.0. The number of hydrogen-bond acceptors (Lipinski definition) is 6. The topological polar surface area (TPSA) is 90.6 Å². The predicted octanol–water partition coefficient (Wildman–Crippen LogP) is 3.88. The van der Waals surface area contributed by atoms with Crippen LogP contribution in [0.1, 0.15) is 23.2 Å². The van der Waals surface area contributed by atoms with E-state index in [1.165, 1.54) is 4.52 Å². The van der Waals surface area contributed by atoms with E-state index in [1.807, 2.05) is 50.2 Å². The maximum Gasteiger partial charge on any atom is 0.295 e. The van der Waals surface area contributed by atoms with Crippen LogP contribution in [0.3, 0.4) is 0 Å². The molecule has 0 aliphatic heterocycles. The number of ether oxygens (including phenoxy) is 2. The van der Waals surface area contributed by atoms with Gasteiger partial charge < -0.3 is 14.8 Å². The second kappa shape index (κ2) is 7.97. The van der Waals surface area contributed by atoms with Crippen molar-refractivity contribution in [1.82, 2.24) is 19.6 Å². The molecular weight excluding hydrogens is 370 g/mol. The van der Waals surface area contributed by atoms with E-state index in [-0.39, 0.29) is 5.82 Å². The molecule has 0 aliphatic rings. The Morgan fingerprint density at radius 3 is 2.59 bits per heavy atom. The van der Waals surface area contributed by atoms with Crippen LogP contribution >= 0.6 is 0 Å². The van der Waals surface area contributed by atoms with Crippen molar-refractivity contribution in [2.24, 2.45) is 0 Å². The molecule has 0 radical (unpaired) electrons. The first-order valence-electron chi connectivity index (χ1n) is 9.13. The minimum absolute atomic E-state index is 0.0303. The third-order valence-corrected chi connectivity index (χ3v) is 4.13. The molecule has 0 spiro atoms. The molecule has 0 saturated heterocycles. The van der Waals surface area contributed by atoms with Crippen molar-refractivity contribution < 1.29 is 14.3 Å². The van der Waals surface area contributed by atoms with Crippen LogP contribution in [0.25, 0.3) is 5.78 Å². The number of fused-ring (bicyclic) bond motifs is 1. The van der Waals surface area contributed by atoms with Gasteiger partial charge in [-0.05, 0) is 56.3 Å². The van der Waals surface area contributed by atoms with Crippen molar-refractivity contribution >= 4 is 17.4 Å². The van der Waals surface area contributed by atoms with Crippen molar-refractivity contribution in [2.45, 2.75) is 13.8 Å². The first-order chi connectivity index (χ1) is 14.1. The average Bonchev–Trinajstić information content (AvgIpc) is 3.17.